The molecule has 5 nitrogen and oxygen atoms in total. The first kappa shape index (κ1) is 28.3. The average molecular weight is 467 g/mol. The zero-order valence-corrected chi connectivity index (χ0v) is 21.9. The van der Waals surface area contributed by atoms with E-state index in [0.717, 1.165) is 24.2 Å². The van der Waals surface area contributed by atoms with Crippen LogP contribution in [0.3, 0.4) is 0 Å². The van der Waals surface area contributed by atoms with Crippen molar-refractivity contribution >= 4 is 5.97 Å². The van der Waals surface area contributed by atoms with Gasteiger partial charge in [0.15, 0.2) is 6.10 Å². The minimum absolute atomic E-state index is 0.217. The minimum Gasteiger partial charge on any atom is -0.457 e. The van der Waals surface area contributed by atoms with Crippen LogP contribution in [0.15, 0.2) is 11.6 Å². The number of aliphatic hydroxyl groups is 1. The van der Waals surface area contributed by atoms with E-state index in [2.05, 4.69) is 40.7 Å². The maximum Gasteiger partial charge on any atom is 0.306 e. The molecule has 0 aromatic heterocycles. The third-order valence-corrected chi connectivity index (χ3v) is 7.25. The van der Waals surface area contributed by atoms with Gasteiger partial charge in [0, 0.05) is 6.42 Å². The molecule has 0 saturated carbocycles. The van der Waals surface area contributed by atoms with Gasteiger partial charge in [-0.25, -0.2) is 0 Å². The number of hydrogen-bond donors (Lipinski definition) is 1. The van der Waals surface area contributed by atoms with Crippen LogP contribution in [0.2, 0.25) is 0 Å². The molecule has 0 amide bonds. The molecular weight excluding hydrogens is 416 g/mol. The van der Waals surface area contributed by atoms with E-state index in [-0.39, 0.29) is 24.8 Å². The summed E-state index contributed by atoms with van der Waals surface area (Å²) in [5.41, 5.74) is 1.36. The molecule has 2 aliphatic rings. The van der Waals surface area contributed by atoms with Crippen molar-refractivity contribution in [3.63, 3.8) is 0 Å². The molecule has 0 spiro atoms. The Hall–Kier alpha value is -0.910. The summed E-state index contributed by atoms with van der Waals surface area (Å²) in [5.74, 6) is 2.28. The van der Waals surface area contributed by atoms with Crippen LogP contribution in [0.5, 0.6) is 0 Å². The second kappa shape index (κ2) is 15.2. The molecule has 2 aliphatic heterocycles. The lowest BCUT2D eigenvalue weighted by molar-refractivity contribution is -0.153. The van der Waals surface area contributed by atoms with Gasteiger partial charge in [-0.05, 0) is 43.9 Å². The molecule has 0 aromatic rings. The Morgan fingerprint density at radius 3 is 2.18 bits per heavy atom. The second-order valence-electron chi connectivity index (χ2n) is 11.1. The Bertz CT molecular complexity index is 587. The maximum absolute atomic E-state index is 12.2. The molecule has 5 heteroatoms. The van der Waals surface area contributed by atoms with Crippen LogP contribution in [-0.4, -0.2) is 48.7 Å². The van der Waals surface area contributed by atoms with Crippen LogP contribution >= 0.6 is 0 Å². The molecule has 6 atom stereocenters. The van der Waals surface area contributed by atoms with Gasteiger partial charge in [-0.3, -0.25) is 4.79 Å². The van der Waals surface area contributed by atoms with E-state index in [0.29, 0.717) is 19.4 Å². The number of fused-ring (bicyclic) bond motifs is 1. The number of esters is 1. The largest absolute Gasteiger partial charge is 0.457 e. The quantitative estimate of drug-likeness (QED) is 0.216. The summed E-state index contributed by atoms with van der Waals surface area (Å²) in [6.45, 7) is 12.2. The predicted octanol–water partition coefficient (Wildman–Crippen LogP) is 6.22. The van der Waals surface area contributed by atoms with Crippen molar-refractivity contribution in [2.45, 2.75) is 130 Å². The Kier molecular flexibility index (Phi) is 13.0. The van der Waals surface area contributed by atoms with Gasteiger partial charge in [0.1, 0.15) is 18.3 Å². The highest BCUT2D eigenvalue weighted by atomic mass is 16.6. The second-order valence-corrected chi connectivity index (χ2v) is 11.1. The number of hydrogen-bond acceptors (Lipinski definition) is 5. The molecule has 2 fully saturated rings. The number of ether oxygens (including phenoxy) is 3. The minimum atomic E-state index is -0.616. The van der Waals surface area contributed by atoms with Crippen LogP contribution in [0.1, 0.15) is 105 Å². The molecule has 1 N–H and O–H groups in total. The maximum atomic E-state index is 12.2. The van der Waals surface area contributed by atoms with Crippen LogP contribution < -0.4 is 0 Å². The van der Waals surface area contributed by atoms with Crippen molar-refractivity contribution in [1.29, 1.82) is 0 Å². The van der Waals surface area contributed by atoms with Crippen LogP contribution in [0.4, 0.5) is 0 Å². The van der Waals surface area contributed by atoms with E-state index in [9.17, 15) is 9.90 Å². The summed E-state index contributed by atoms with van der Waals surface area (Å²) in [4.78, 5) is 12.2. The fourth-order valence-electron chi connectivity index (χ4n) is 5.02. The topological polar surface area (TPSA) is 65.0 Å². The van der Waals surface area contributed by atoms with Crippen molar-refractivity contribution in [1.82, 2.24) is 0 Å². The highest BCUT2D eigenvalue weighted by Gasteiger charge is 2.48. The van der Waals surface area contributed by atoms with E-state index in [1.165, 1.54) is 56.9 Å². The standard InChI is InChI=1S/C28H50O5/c1-20(2)10-6-11-21(3)12-7-13-22(4)14-8-15-23(5)16-9-17-26(30)33-25-19-32-27-24(29)18-31-28(25)27/h16,20-22,24-25,27-29H,6-15,17-19H2,1-5H3/t21?,22?,24-,25+,27-,28-/m1/s1. The molecule has 192 valence electrons. The Morgan fingerprint density at radius 2 is 1.52 bits per heavy atom. The molecular formula is C28H50O5. The SMILES string of the molecule is CC(=CCCC(=O)O[C@H]1CO[C@H]2[C@@H]1OC[C@H]2O)CCCC(C)CCCC(C)CCCC(C)C. The summed E-state index contributed by atoms with van der Waals surface area (Å²) in [5, 5.41) is 9.77. The first-order valence-corrected chi connectivity index (χ1v) is 13.5. The molecule has 2 unspecified atom stereocenters. The molecule has 33 heavy (non-hydrogen) atoms. The number of carbonyl (C=O) groups excluding carboxylic acids is 1. The van der Waals surface area contributed by atoms with Gasteiger partial charge in [0.2, 0.25) is 0 Å². The Labute approximate surface area is 202 Å². The molecule has 2 rings (SSSR count). The van der Waals surface area contributed by atoms with E-state index < -0.39 is 12.2 Å². The van der Waals surface area contributed by atoms with Gasteiger partial charge in [-0.15, -0.1) is 0 Å². The lowest BCUT2D eigenvalue weighted by atomic mass is 9.91. The fraction of sp³-hybridized carbons (Fsp3) is 0.893. The summed E-state index contributed by atoms with van der Waals surface area (Å²) < 4.78 is 16.5. The molecule has 2 saturated heterocycles. The van der Waals surface area contributed by atoms with E-state index in [4.69, 9.17) is 14.2 Å². The van der Waals surface area contributed by atoms with Gasteiger partial charge in [-0.1, -0.05) is 84.3 Å². The number of aliphatic hydroxyl groups excluding tert-OH is 1. The molecule has 0 aliphatic carbocycles. The zero-order chi connectivity index (χ0) is 24.2. The summed E-state index contributed by atoms with van der Waals surface area (Å²) in [6, 6.07) is 0. The molecule has 0 radical (unpaired) electrons. The van der Waals surface area contributed by atoms with Crippen molar-refractivity contribution in [3.8, 4) is 0 Å². The van der Waals surface area contributed by atoms with E-state index in [1.807, 2.05) is 0 Å². The lowest BCUT2D eigenvalue weighted by Crippen LogP contribution is -2.34. The highest BCUT2D eigenvalue weighted by Crippen LogP contribution is 2.29. The van der Waals surface area contributed by atoms with Crippen molar-refractivity contribution in [2.75, 3.05) is 13.2 Å². The number of carbonyl (C=O) groups is 1. The van der Waals surface area contributed by atoms with Crippen molar-refractivity contribution in [2.24, 2.45) is 17.8 Å². The Morgan fingerprint density at radius 1 is 0.909 bits per heavy atom. The van der Waals surface area contributed by atoms with E-state index >= 15 is 0 Å². The predicted molar refractivity (Wildman–Crippen MR) is 133 cm³/mol. The first-order valence-electron chi connectivity index (χ1n) is 13.5. The normalized spacial score (nSPS) is 27.1. The molecule has 2 heterocycles. The van der Waals surface area contributed by atoms with Crippen LogP contribution in [0, 0.1) is 17.8 Å². The van der Waals surface area contributed by atoms with Gasteiger partial charge >= 0.3 is 5.97 Å². The Balaban J connectivity index is 1.49. The smallest absolute Gasteiger partial charge is 0.306 e. The van der Waals surface area contributed by atoms with Gasteiger partial charge in [0.25, 0.3) is 0 Å². The van der Waals surface area contributed by atoms with E-state index in [1.54, 1.807) is 0 Å². The first-order chi connectivity index (χ1) is 15.8. The third kappa shape index (κ3) is 10.9. The molecule has 0 aromatic carbocycles. The number of rotatable bonds is 16. The average Bonchev–Trinajstić information content (AvgIpc) is 3.31. The van der Waals surface area contributed by atoms with Gasteiger partial charge in [0.05, 0.1) is 13.2 Å². The lowest BCUT2D eigenvalue weighted by Gasteiger charge is -2.16. The monoisotopic (exact) mass is 466 g/mol. The van der Waals surface area contributed by atoms with Crippen molar-refractivity contribution in [3.05, 3.63) is 11.6 Å². The van der Waals surface area contributed by atoms with Crippen LogP contribution in [0.25, 0.3) is 0 Å². The van der Waals surface area contributed by atoms with Crippen LogP contribution in [-0.2, 0) is 19.0 Å². The summed E-state index contributed by atoms with van der Waals surface area (Å²) in [6.07, 6.45) is 13.4. The third-order valence-electron chi connectivity index (χ3n) is 7.25. The molecule has 0 bridgehead atoms. The number of allylic oxidation sites excluding steroid dienone is 2. The van der Waals surface area contributed by atoms with Gasteiger partial charge < -0.3 is 19.3 Å². The fourth-order valence-corrected chi connectivity index (χ4v) is 5.02. The summed E-state index contributed by atoms with van der Waals surface area (Å²) >= 11 is 0. The zero-order valence-electron chi connectivity index (χ0n) is 21.9. The van der Waals surface area contributed by atoms with Gasteiger partial charge in [-0.2, -0.15) is 0 Å². The highest BCUT2D eigenvalue weighted by molar-refractivity contribution is 5.69. The van der Waals surface area contributed by atoms with Crippen molar-refractivity contribution < 1.29 is 24.1 Å². The summed E-state index contributed by atoms with van der Waals surface area (Å²) in [7, 11) is 0.